The number of allylic oxidation sites excluding steroid dienone is 2. The van der Waals surface area contributed by atoms with E-state index in [0.717, 1.165) is 30.4 Å². The van der Waals surface area contributed by atoms with Crippen LogP contribution in [0.3, 0.4) is 0 Å². The van der Waals surface area contributed by atoms with Crippen molar-refractivity contribution in [3.63, 3.8) is 0 Å². The number of carbonyl (C=O) groups excluding carboxylic acids is 2. The number of hydrogen-bond donors (Lipinski definition) is 0. The van der Waals surface area contributed by atoms with E-state index < -0.39 is 11.7 Å². The van der Waals surface area contributed by atoms with E-state index in [0.29, 0.717) is 5.56 Å². The van der Waals surface area contributed by atoms with E-state index >= 15 is 0 Å². The van der Waals surface area contributed by atoms with Crippen molar-refractivity contribution in [1.29, 1.82) is 0 Å². The van der Waals surface area contributed by atoms with Gasteiger partial charge in [0, 0.05) is 5.56 Å². The molecule has 0 saturated heterocycles. The molecule has 4 nitrogen and oxygen atoms in total. The second kappa shape index (κ2) is 9.08. The van der Waals surface area contributed by atoms with E-state index in [-0.39, 0.29) is 12.5 Å². The Labute approximate surface area is 173 Å². The summed E-state index contributed by atoms with van der Waals surface area (Å²) in [6, 6.07) is 17.1. The fraction of sp³-hybridized carbons (Fsp3) is 0.360. The number of benzene rings is 2. The summed E-state index contributed by atoms with van der Waals surface area (Å²) in [5.41, 5.74) is 3.06. The molecule has 0 bridgehead atoms. The minimum atomic E-state index is -0.680. The lowest BCUT2D eigenvalue weighted by Crippen LogP contribution is -2.40. The number of imide groups is 1. The van der Waals surface area contributed by atoms with Crippen molar-refractivity contribution < 1.29 is 14.3 Å². The van der Waals surface area contributed by atoms with E-state index in [1.807, 2.05) is 48.5 Å². The molecular weight excluding hydrogens is 362 g/mol. The van der Waals surface area contributed by atoms with Gasteiger partial charge >= 0.3 is 6.09 Å². The monoisotopic (exact) mass is 391 g/mol. The molecule has 3 rings (SSSR count). The summed E-state index contributed by atoms with van der Waals surface area (Å²) < 4.78 is 5.54. The highest BCUT2D eigenvalue weighted by atomic mass is 16.6. The SMILES string of the molecule is CC(C)(C)OC(=O)N(Cc1ccccc1)C(=O)c1ccccc1CC1=CCCC1. The second-order valence-electron chi connectivity index (χ2n) is 8.45. The van der Waals surface area contributed by atoms with Gasteiger partial charge in [0.05, 0.1) is 6.54 Å². The van der Waals surface area contributed by atoms with Gasteiger partial charge in [-0.3, -0.25) is 4.79 Å². The van der Waals surface area contributed by atoms with Crippen molar-refractivity contribution in [3.8, 4) is 0 Å². The van der Waals surface area contributed by atoms with Crippen LogP contribution in [0.2, 0.25) is 0 Å². The first-order valence-electron chi connectivity index (χ1n) is 10.2. The van der Waals surface area contributed by atoms with Gasteiger partial charge in [-0.15, -0.1) is 0 Å². The molecule has 0 spiro atoms. The van der Waals surface area contributed by atoms with Crippen LogP contribution < -0.4 is 0 Å². The smallest absolute Gasteiger partial charge is 0.417 e. The molecule has 0 aromatic heterocycles. The lowest BCUT2D eigenvalue weighted by atomic mass is 9.98. The number of carbonyl (C=O) groups is 2. The summed E-state index contributed by atoms with van der Waals surface area (Å²) in [5, 5.41) is 0. The molecule has 0 radical (unpaired) electrons. The van der Waals surface area contributed by atoms with Gasteiger partial charge in [-0.1, -0.05) is 60.2 Å². The van der Waals surface area contributed by atoms with Crippen LogP contribution in [-0.2, 0) is 17.7 Å². The Balaban J connectivity index is 1.90. The molecule has 0 N–H and O–H groups in total. The Morgan fingerprint density at radius 2 is 1.69 bits per heavy atom. The molecule has 152 valence electrons. The summed E-state index contributed by atoms with van der Waals surface area (Å²) in [4.78, 5) is 27.6. The summed E-state index contributed by atoms with van der Waals surface area (Å²) in [7, 11) is 0. The zero-order valence-electron chi connectivity index (χ0n) is 17.5. The first kappa shape index (κ1) is 20.8. The average Bonchev–Trinajstić information content (AvgIpc) is 3.18. The number of amides is 2. The quantitative estimate of drug-likeness (QED) is 0.595. The molecule has 0 fully saturated rings. The fourth-order valence-electron chi connectivity index (χ4n) is 3.47. The van der Waals surface area contributed by atoms with Crippen molar-refractivity contribution in [1.82, 2.24) is 4.90 Å². The average molecular weight is 392 g/mol. The second-order valence-corrected chi connectivity index (χ2v) is 8.45. The number of rotatable bonds is 5. The minimum absolute atomic E-state index is 0.172. The van der Waals surface area contributed by atoms with Gasteiger partial charge in [0.1, 0.15) is 5.60 Å². The Kier molecular flexibility index (Phi) is 6.53. The molecular formula is C25H29NO3. The molecule has 29 heavy (non-hydrogen) atoms. The molecule has 0 aliphatic heterocycles. The highest BCUT2D eigenvalue weighted by molar-refractivity contribution is 6.04. The Hall–Kier alpha value is -2.88. The van der Waals surface area contributed by atoms with Gasteiger partial charge in [0.2, 0.25) is 0 Å². The Bertz CT molecular complexity index is 894. The number of hydrogen-bond acceptors (Lipinski definition) is 3. The lowest BCUT2D eigenvalue weighted by molar-refractivity contribution is 0.0227. The van der Waals surface area contributed by atoms with Gasteiger partial charge in [-0.2, -0.15) is 0 Å². The van der Waals surface area contributed by atoms with Crippen molar-refractivity contribution in [2.45, 2.75) is 58.6 Å². The molecule has 1 aliphatic rings. The topological polar surface area (TPSA) is 46.6 Å². The fourth-order valence-corrected chi connectivity index (χ4v) is 3.47. The lowest BCUT2D eigenvalue weighted by Gasteiger charge is -2.27. The van der Waals surface area contributed by atoms with Crippen molar-refractivity contribution in [3.05, 3.63) is 82.9 Å². The largest absolute Gasteiger partial charge is 0.443 e. The summed E-state index contributed by atoms with van der Waals surface area (Å²) in [5.74, 6) is -0.322. The van der Waals surface area contributed by atoms with Crippen molar-refractivity contribution in [2.75, 3.05) is 0 Å². The zero-order chi connectivity index (χ0) is 20.9. The van der Waals surface area contributed by atoms with E-state index in [1.165, 1.54) is 16.9 Å². The third kappa shape index (κ3) is 5.80. The van der Waals surface area contributed by atoms with E-state index in [1.54, 1.807) is 26.8 Å². The summed E-state index contributed by atoms with van der Waals surface area (Å²) >= 11 is 0. The molecule has 2 aromatic carbocycles. The maximum atomic E-state index is 13.5. The molecule has 1 aliphatic carbocycles. The van der Waals surface area contributed by atoms with Gasteiger partial charge in [-0.05, 0) is 63.6 Å². The Morgan fingerprint density at radius 1 is 1.00 bits per heavy atom. The molecule has 2 aromatic rings. The first-order chi connectivity index (χ1) is 13.8. The predicted molar refractivity (Wildman–Crippen MR) is 115 cm³/mol. The number of ether oxygens (including phenoxy) is 1. The molecule has 2 amide bonds. The number of nitrogens with zero attached hydrogens (tertiary/aromatic N) is 1. The maximum absolute atomic E-state index is 13.5. The minimum Gasteiger partial charge on any atom is -0.443 e. The third-order valence-electron chi connectivity index (χ3n) is 4.84. The molecule has 0 atom stereocenters. The summed E-state index contributed by atoms with van der Waals surface area (Å²) in [6.45, 7) is 5.58. The maximum Gasteiger partial charge on any atom is 0.417 e. The van der Waals surface area contributed by atoms with Crippen molar-refractivity contribution >= 4 is 12.0 Å². The van der Waals surface area contributed by atoms with Crippen LogP contribution in [0.5, 0.6) is 0 Å². The molecule has 0 heterocycles. The van der Waals surface area contributed by atoms with Gasteiger partial charge in [0.25, 0.3) is 5.91 Å². The normalized spacial score (nSPS) is 13.7. The molecule has 0 unspecified atom stereocenters. The van der Waals surface area contributed by atoms with Gasteiger partial charge in [-0.25, -0.2) is 9.69 Å². The highest BCUT2D eigenvalue weighted by Crippen LogP contribution is 2.25. The van der Waals surface area contributed by atoms with Crippen LogP contribution in [-0.4, -0.2) is 22.5 Å². The van der Waals surface area contributed by atoms with Crippen LogP contribution in [0.25, 0.3) is 0 Å². The van der Waals surface area contributed by atoms with Crippen LogP contribution in [0.15, 0.2) is 66.2 Å². The third-order valence-corrected chi connectivity index (χ3v) is 4.84. The van der Waals surface area contributed by atoms with Crippen molar-refractivity contribution in [2.24, 2.45) is 0 Å². The van der Waals surface area contributed by atoms with Gasteiger partial charge in [0.15, 0.2) is 0 Å². The predicted octanol–water partition coefficient (Wildman–Crippen LogP) is 5.92. The highest BCUT2D eigenvalue weighted by Gasteiger charge is 2.29. The standard InChI is InChI=1S/C25H29NO3/c1-25(2,3)29-24(28)26(18-20-13-5-4-6-14-20)23(27)22-16-10-9-15-21(22)17-19-11-7-8-12-19/h4-6,9-11,13-16H,7-8,12,17-18H2,1-3H3. The van der Waals surface area contributed by atoms with E-state index in [2.05, 4.69) is 6.08 Å². The van der Waals surface area contributed by atoms with Crippen LogP contribution in [0, 0.1) is 0 Å². The van der Waals surface area contributed by atoms with E-state index in [9.17, 15) is 9.59 Å². The van der Waals surface area contributed by atoms with Crippen LogP contribution >= 0.6 is 0 Å². The van der Waals surface area contributed by atoms with Gasteiger partial charge < -0.3 is 4.74 Å². The van der Waals surface area contributed by atoms with Crippen LogP contribution in [0.1, 0.15) is 61.5 Å². The van der Waals surface area contributed by atoms with E-state index in [4.69, 9.17) is 4.74 Å². The summed E-state index contributed by atoms with van der Waals surface area (Å²) in [6.07, 6.45) is 5.72. The first-order valence-corrected chi connectivity index (χ1v) is 10.2. The van der Waals surface area contributed by atoms with Crippen LogP contribution in [0.4, 0.5) is 4.79 Å². The molecule has 4 heteroatoms. The molecule has 0 saturated carbocycles. The Morgan fingerprint density at radius 3 is 2.34 bits per heavy atom. The zero-order valence-corrected chi connectivity index (χ0v) is 17.5.